The second kappa shape index (κ2) is 19.8. The van der Waals surface area contributed by atoms with E-state index in [0.29, 0.717) is 0 Å². The number of hydrogen-bond acceptors (Lipinski definition) is 6. The van der Waals surface area contributed by atoms with Gasteiger partial charge in [0.05, 0.1) is 19.8 Å². The number of ether oxygens (including phenoxy) is 2. The van der Waals surface area contributed by atoms with E-state index in [1.165, 1.54) is 19.3 Å². The molecule has 0 aliphatic rings. The number of likely N-dealkylation sites (N-methyl/N-ethyl adjacent to an activating group) is 1. The van der Waals surface area contributed by atoms with Gasteiger partial charge in [-0.1, -0.05) is 6.42 Å². The van der Waals surface area contributed by atoms with Crippen molar-refractivity contribution in [3.63, 3.8) is 0 Å². The predicted molar refractivity (Wildman–Crippen MR) is 98.3 cm³/mol. The number of hydrogen-bond donors (Lipinski definition) is 3. The van der Waals surface area contributed by atoms with E-state index in [2.05, 4.69) is 20.9 Å². The molecule has 23 heavy (non-hydrogen) atoms. The highest BCUT2D eigenvalue weighted by Gasteiger charge is 2.04. The second-order valence-electron chi connectivity index (χ2n) is 5.67. The molecule has 0 saturated carbocycles. The Morgan fingerprint density at radius 2 is 1.39 bits per heavy atom. The first-order valence-corrected chi connectivity index (χ1v) is 9.22. The minimum Gasteiger partial charge on any atom is -0.380 e. The Morgan fingerprint density at radius 1 is 0.696 bits per heavy atom. The van der Waals surface area contributed by atoms with Gasteiger partial charge in [0.15, 0.2) is 0 Å². The average Bonchev–Trinajstić information content (AvgIpc) is 2.56. The van der Waals surface area contributed by atoms with Crippen LogP contribution in [0.4, 0.5) is 0 Å². The Bertz CT molecular complexity index is 221. The maximum Gasteiger partial charge on any atom is 0.0594 e. The standard InChI is InChI=1S/C17H40N4O2/c1-4-22-16-13-21(14-17-23-15-11-19-3)12-10-20-9-7-5-6-8-18-2/h18-20H,4-17H2,1-3H3. The first-order chi connectivity index (χ1) is 11.3. The number of nitrogens with zero attached hydrogens (tertiary/aromatic N) is 1. The van der Waals surface area contributed by atoms with Crippen LogP contribution in [0.5, 0.6) is 0 Å². The summed E-state index contributed by atoms with van der Waals surface area (Å²) in [5.74, 6) is 0. The summed E-state index contributed by atoms with van der Waals surface area (Å²) in [6, 6.07) is 0. The molecule has 0 aliphatic carbocycles. The van der Waals surface area contributed by atoms with Crippen LogP contribution in [-0.2, 0) is 9.47 Å². The SMILES string of the molecule is CCOCCN(CCNCCCCCNC)CCOCCNC. The minimum atomic E-state index is 0.778. The first kappa shape index (κ1) is 22.8. The zero-order chi connectivity index (χ0) is 17.0. The molecule has 0 saturated heterocycles. The molecule has 6 nitrogen and oxygen atoms in total. The molecule has 0 radical (unpaired) electrons. The number of rotatable bonds is 19. The maximum absolute atomic E-state index is 5.62. The van der Waals surface area contributed by atoms with Crippen molar-refractivity contribution in [2.45, 2.75) is 26.2 Å². The van der Waals surface area contributed by atoms with Crippen molar-refractivity contribution in [2.75, 3.05) is 86.3 Å². The van der Waals surface area contributed by atoms with Gasteiger partial charge in [-0.2, -0.15) is 0 Å². The lowest BCUT2D eigenvalue weighted by atomic mass is 10.2. The largest absolute Gasteiger partial charge is 0.380 e. The maximum atomic E-state index is 5.62. The average molecular weight is 333 g/mol. The van der Waals surface area contributed by atoms with Crippen molar-refractivity contribution in [1.29, 1.82) is 0 Å². The third-order valence-corrected chi connectivity index (χ3v) is 3.69. The van der Waals surface area contributed by atoms with Crippen LogP contribution in [0, 0.1) is 0 Å². The first-order valence-electron chi connectivity index (χ1n) is 9.22. The van der Waals surface area contributed by atoms with Crippen molar-refractivity contribution in [1.82, 2.24) is 20.9 Å². The molecule has 0 atom stereocenters. The van der Waals surface area contributed by atoms with Crippen molar-refractivity contribution in [3.05, 3.63) is 0 Å². The zero-order valence-corrected chi connectivity index (χ0v) is 15.7. The third kappa shape index (κ3) is 17.9. The van der Waals surface area contributed by atoms with E-state index in [4.69, 9.17) is 9.47 Å². The quantitative estimate of drug-likeness (QED) is 0.300. The molecule has 0 amide bonds. The number of nitrogens with one attached hydrogen (secondary N) is 3. The van der Waals surface area contributed by atoms with Gasteiger partial charge < -0.3 is 25.4 Å². The van der Waals surface area contributed by atoms with Crippen molar-refractivity contribution >= 4 is 0 Å². The van der Waals surface area contributed by atoms with Crippen LogP contribution in [-0.4, -0.2) is 91.2 Å². The van der Waals surface area contributed by atoms with Crippen LogP contribution in [0.3, 0.4) is 0 Å². The van der Waals surface area contributed by atoms with Gasteiger partial charge in [-0.3, -0.25) is 4.90 Å². The van der Waals surface area contributed by atoms with E-state index in [-0.39, 0.29) is 0 Å². The van der Waals surface area contributed by atoms with Gasteiger partial charge in [-0.25, -0.2) is 0 Å². The molecule has 3 N–H and O–H groups in total. The second-order valence-corrected chi connectivity index (χ2v) is 5.67. The summed E-state index contributed by atoms with van der Waals surface area (Å²) in [6.07, 6.45) is 3.82. The minimum absolute atomic E-state index is 0.778. The summed E-state index contributed by atoms with van der Waals surface area (Å²) in [5.41, 5.74) is 0. The third-order valence-electron chi connectivity index (χ3n) is 3.69. The van der Waals surface area contributed by atoms with Crippen molar-refractivity contribution < 1.29 is 9.47 Å². The molecule has 6 heteroatoms. The van der Waals surface area contributed by atoms with E-state index in [0.717, 1.165) is 72.2 Å². The van der Waals surface area contributed by atoms with E-state index in [9.17, 15) is 0 Å². The van der Waals surface area contributed by atoms with E-state index in [1.807, 2.05) is 21.0 Å². The van der Waals surface area contributed by atoms with Gasteiger partial charge in [0.1, 0.15) is 0 Å². The summed E-state index contributed by atoms with van der Waals surface area (Å²) >= 11 is 0. The molecule has 0 aliphatic heterocycles. The zero-order valence-electron chi connectivity index (χ0n) is 15.7. The smallest absolute Gasteiger partial charge is 0.0594 e. The van der Waals surface area contributed by atoms with Crippen molar-refractivity contribution in [2.24, 2.45) is 0 Å². The highest BCUT2D eigenvalue weighted by atomic mass is 16.5. The molecule has 0 heterocycles. The molecule has 0 bridgehead atoms. The molecule has 0 fully saturated rings. The van der Waals surface area contributed by atoms with Gasteiger partial charge in [0, 0.05) is 39.3 Å². The fourth-order valence-electron chi connectivity index (χ4n) is 2.23. The normalized spacial score (nSPS) is 11.5. The summed E-state index contributed by atoms with van der Waals surface area (Å²) in [4.78, 5) is 2.42. The molecule has 0 aromatic heterocycles. The lowest BCUT2D eigenvalue weighted by molar-refractivity contribution is 0.0800. The Hall–Kier alpha value is -0.240. The van der Waals surface area contributed by atoms with Gasteiger partial charge >= 0.3 is 0 Å². The molecule has 0 rings (SSSR count). The van der Waals surface area contributed by atoms with Crippen molar-refractivity contribution in [3.8, 4) is 0 Å². The van der Waals surface area contributed by atoms with Gasteiger partial charge in [0.25, 0.3) is 0 Å². The van der Waals surface area contributed by atoms with Crippen LogP contribution < -0.4 is 16.0 Å². The topological polar surface area (TPSA) is 57.8 Å². The Labute approximate surface area is 143 Å². The van der Waals surface area contributed by atoms with Gasteiger partial charge in [-0.05, 0) is 47.0 Å². The molecule has 0 unspecified atom stereocenters. The molecule has 0 aromatic rings. The Balaban J connectivity index is 3.61. The highest BCUT2D eigenvalue weighted by Crippen LogP contribution is 1.93. The van der Waals surface area contributed by atoms with Crippen LogP contribution in [0.25, 0.3) is 0 Å². The highest BCUT2D eigenvalue weighted by molar-refractivity contribution is 4.60. The summed E-state index contributed by atoms with van der Waals surface area (Å²) < 4.78 is 11.1. The van der Waals surface area contributed by atoms with E-state index >= 15 is 0 Å². The summed E-state index contributed by atoms with van der Waals surface area (Å²) in [6.45, 7) is 12.4. The molecule has 0 aromatic carbocycles. The molecule has 140 valence electrons. The molecule has 0 spiro atoms. The van der Waals surface area contributed by atoms with Gasteiger partial charge in [-0.15, -0.1) is 0 Å². The van der Waals surface area contributed by atoms with Crippen LogP contribution in [0.1, 0.15) is 26.2 Å². The lowest BCUT2D eigenvalue weighted by Crippen LogP contribution is -2.37. The fraction of sp³-hybridized carbons (Fsp3) is 1.00. The summed E-state index contributed by atoms with van der Waals surface area (Å²) in [7, 11) is 3.96. The fourth-order valence-corrected chi connectivity index (χ4v) is 2.23. The molecular formula is C17H40N4O2. The Kier molecular flexibility index (Phi) is 19.6. The van der Waals surface area contributed by atoms with Crippen LogP contribution in [0.2, 0.25) is 0 Å². The summed E-state index contributed by atoms with van der Waals surface area (Å²) in [5, 5.41) is 9.82. The van der Waals surface area contributed by atoms with Crippen LogP contribution >= 0.6 is 0 Å². The number of unbranched alkanes of at least 4 members (excludes halogenated alkanes) is 2. The lowest BCUT2D eigenvalue weighted by Gasteiger charge is -2.22. The van der Waals surface area contributed by atoms with E-state index in [1.54, 1.807) is 0 Å². The van der Waals surface area contributed by atoms with E-state index < -0.39 is 0 Å². The Morgan fingerprint density at radius 3 is 2.09 bits per heavy atom. The van der Waals surface area contributed by atoms with Crippen LogP contribution in [0.15, 0.2) is 0 Å². The van der Waals surface area contributed by atoms with Gasteiger partial charge in [0.2, 0.25) is 0 Å². The monoisotopic (exact) mass is 332 g/mol. The molecular weight excluding hydrogens is 292 g/mol. The predicted octanol–water partition coefficient (Wildman–Crippen LogP) is 0.540.